The summed E-state index contributed by atoms with van der Waals surface area (Å²) < 4.78 is 0. The summed E-state index contributed by atoms with van der Waals surface area (Å²) in [5, 5.41) is 36.8. The number of nitrogens with one attached hydrogen (secondary N) is 3. The average molecular weight is 1270 g/mol. The summed E-state index contributed by atoms with van der Waals surface area (Å²) in [6.07, 6.45) is 40.9. The molecule has 21 heteroatoms. The second kappa shape index (κ2) is 54.6. The molecule has 0 unspecified atom stereocenters. The van der Waals surface area contributed by atoms with Crippen LogP contribution < -0.4 is 31.6 Å². The topological polar surface area (TPSA) is 259 Å². The molecule has 0 aromatic carbocycles. The number of carbonyl (C=O) groups is 7. The van der Waals surface area contributed by atoms with E-state index in [0.717, 1.165) is 38.5 Å². The largest absolute Gasteiger partial charge is 3.00 e. The van der Waals surface area contributed by atoms with Crippen LogP contribution in [0.15, 0.2) is 0 Å². The van der Waals surface area contributed by atoms with Gasteiger partial charge in [0.2, 0.25) is 11.8 Å². The van der Waals surface area contributed by atoms with Gasteiger partial charge in [0.05, 0.1) is 31.0 Å². The molecule has 1 rings (SSSR count). The van der Waals surface area contributed by atoms with E-state index in [1.807, 2.05) is 4.90 Å². The Bertz CT molecular complexity index is 1500. The summed E-state index contributed by atoms with van der Waals surface area (Å²) in [6, 6.07) is 0. The van der Waals surface area contributed by atoms with Gasteiger partial charge in [-0.15, -0.1) is 0 Å². The number of hydrogen-bond acceptors (Lipinski definition) is 16. The predicted molar refractivity (Wildman–Crippen MR) is 298 cm³/mol. The fourth-order valence-electron chi connectivity index (χ4n) is 9.79. The van der Waals surface area contributed by atoms with Gasteiger partial charge in [-0.1, -0.05) is 206 Å². The Labute approximate surface area is 508 Å². The minimum atomic E-state index is -1.34. The molecular weight excluding hydrogens is 1160 g/mol. The first-order valence-corrected chi connectivity index (χ1v) is 30.7. The van der Waals surface area contributed by atoms with Gasteiger partial charge in [0.25, 0.3) is 11.8 Å². The first-order chi connectivity index (χ1) is 37.8. The predicted octanol–water partition coefficient (Wildman–Crippen LogP) is 4.02. The Hall–Kier alpha value is -2.63. The maximum Gasteiger partial charge on any atom is 3.00 e. The van der Waals surface area contributed by atoms with Crippen LogP contribution in [0.4, 0.5) is 0 Å². The van der Waals surface area contributed by atoms with Gasteiger partial charge in [0.15, 0.2) is 13.2 Å². The molecule has 4 amide bonds. The number of hydroxylamine groups is 2. The van der Waals surface area contributed by atoms with E-state index in [0.29, 0.717) is 13.1 Å². The number of hydrogen-bond donors (Lipinski definition) is 3. The van der Waals surface area contributed by atoms with Crippen molar-refractivity contribution in [1.29, 1.82) is 0 Å². The zero-order valence-electron chi connectivity index (χ0n) is 49.1. The second-order valence-electron chi connectivity index (χ2n) is 21.6. The van der Waals surface area contributed by atoms with Gasteiger partial charge < -0.3 is 39.9 Å². The molecule has 0 bridgehead atoms. The van der Waals surface area contributed by atoms with Crippen molar-refractivity contribution in [2.45, 2.75) is 219 Å². The molecule has 1 fully saturated rings. The van der Waals surface area contributed by atoms with Gasteiger partial charge in [-0.3, -0.25) is 48.5 Å². The molecule has 0 atom stereocenters. The van der Waals surface area contributed by atoms with Gasteiger partial charge in [-0.25, -0.2) is 11.0 Å². The van der Waals surface area contributed by atoms with Crippen molar-refractivity contribution in [3.8, 4) is 0 Å². The van der Waals surface area contributed by atoms with Crippen LogP contribution in [0.25, 0.3) is 0 Å². The number of carbonyl (C=O) groups excluding carboxylic acids is 7. The molecule has 20 nitrogen and oxygen atoms in total. The van der Waals surface area contributed by atoms with Gasteiger partial charge in [-0.2, -0.15) is 0 Å². The van der Waals surface area contributed by atoms with Gasteiger partial charge >= 0.3 is 39.9 Å². The third-order valence-corrected chi connectivity index (χ3v) is 14.5. The second-order valence-corrected chi connectivity index (χ2v) is 21.6. The number of nitrogens with zero attached hydrogens (tertiary/aromatic N) is 5. The molecule has 0 aromatic heterocycles. The molecule has 1 aliphatic rings. The number of amides is 4. The molecule has 1 heterocycles. The fraction of sp³-hybridized carbons (Fsp3) is 0.879. The smallest absolute Gasteiger partial charge is 0.549 e. The van der Waals surface area contributed by atoms with E-state index in [1.165, 1.54) is 172 Å². The van der Waals surface area contributed by atoms with Crippen LogP contribution >= 0.6 is 0 Å². The first kappa shape index (κ1) is 76.4. The summed E-state index contributed by atoms with van der Waals surface area (Å²) >= 11 is 0. The van der Waals surface area contributed by atoms with Gasteiger partial charge in [0.1, 0.15) is 0 Å². The van der Waals surface area contributed by atoms with Crippen molar-refractivity contribution in [3.63, 3.8) is 0 Å². The molecule has 0 saturated carbocycles. The number of rotatable bonds is 50. The minimum Gasteiger partial charge on any atom is -0.549 e. The van der Waals surface area contributed by atoms with Gasteiger partial charge in [-0.05, 0) is 12.8 Å². The van der Waals surface area contributed by atoms with Crippen LogP contribution in [-0.4, -0.2) is 177 Å². The Morgan fingerprint density at radius 3 is 0.911 bits per heavy atom. The molecule has 459 valence electrons. The van der Waals surface area contributed by atoms with Crippen LogP contribution in [-0.2, 0) is 43.2 Å². The first-order valence-electron chi connectivity index (χ1n) is 30.7. The molecule has 79 heavy (non-hydrogen) atoms. The molecule has 3 N–H and O–H groups in total. The number of carboxylic acid groups (broad SMARTS) is 3. The van der Waals surface area contributed by atoms with E-state index in [-0.39, 0.29) is 111 Å². The van der Waals surface area contributed by atoms with Crippen molar-refractivity contribution in [1.82, 2.24) is 40.8 Å². The van der Waals surface area contributed by atoms with Crippen LogP contribution in [0, 0.1) is 39.9 Å². The maximum absolute atomic E-state index is 13.4. The Balaban J connectivity index is 0.0000608. The summed E-state index contributed by atoms with van der Waals surface area (Å²) in [4.78, 5) is 104. The minimum absolute atomic E-state index is 0. The maximum atomic E-state index is 13.4. The molecule has 1 saturated heterocycles. The monoisotopic (exact) mass is 1270 g/mol. The van der Waals surface area contributed by atoms with E-state index >= 15 is 0 Å². The summed E-state index contributed by atoms with van der Waals surface area (Å²) in [5.74, 6) is -6.22. The summed E-state index contributed by atoms with van der Waals surface area (Å²) in [7, 11) is 0. The Kier molecular flexibility index (Phi) is 52.8. The van der Waals surface area contributed by atoms with E-state index in [9.17, 15) is 48.9 Å². The van der Waals surface area contributed by atoms with Crippen LogP contribution in [0.2, 0.25) is 0 Å². The van der Waals surface area contributed by atoms with E-state index in [2.05, 4.69) is 30.1 Å². The van der Waals surface area contributed by atoms with E-state index < -0.39 is 68.5 Å². The Morgan fingerprint density at radius 1 is 0.367 bits per heavy atom. The third kappa shape index (κ3) is 49.7. The van der Waals surface area contributed by atoms with Crippen LogP contribution in [0.3, 0.4) is 0 Å². The fourth-order valence-corrected chi connectivity index (χ4v) is 9.79. The quantitative estimate of drug-likeness (QED) is 0.0574. The summed E-state index contributed by atoms with van der Waals surface area (Å²) in [6.45, 7) is 4.10. The van der Waals surface area contributed by atoms with Crippen molar-refractivity contribution in [2.24, 2.45) is 0 Å². The number of unbranched alkanes of at least 4 members (excludes halogenated alkanes) is 30. The third-order valence-electron chi connectivity index (χ3n) is 14.5. The van der Waals surface area contributed by atoms with Crippen molar-refractivity contribution < 1.29 is 98.5 Å². The SMILES string of the molecule is CCCCCCCCCCCCCCCCCCN(CCCCCCCCCCCCCCCCCC)C(=O)CNC(=O)CONC(=O)CONC(=O)CN1CCN(CC(=O)[O-])CCN(CC(=O)[O-])CCN(CC(=O)[O-])CC1.[Gd+3]. The van der Waals surface area contributed by atoms with Crippen molar-refractivity contribution in [3.05, 3.63) is 0 Å². The van der Waals surface area contributed by atoms with E-state index in [1.54, 1.807) is 14.7 Å². The van der Waals surface area contributed by atoms with Crippen LogP contribution in [0.1, 0.15) is 219 Å². The zero-order chi connectivity index (χ0) is 57.1. The average Bonchev–Trinajstić information content (AvgIpc) is 3.39. The number of aliphatic carboxylic acids is 3. The molecule has 0 aliphatic carbocycles. The van der Waals surface area contributed by atoms with Gasteiger partial charge in [0, 0.05) is 85.1 Å². The van der Waals surface area contributed by atoms with E-state index in [4.69, 9.17) is 9.68 Å². The molecule has 1 aliphatic heterocycles. The normalized spacial score (nSPS) is 14.2. The Morgan fingerprint density at radius 2 is 0.620 bits per heavy atom. The standard InChI is InChI=1S/C58H110N8O12.Gd/c1-3-5-7-9-11-13-15-17-19-21-23-25-27-29-31-33-35-66(36-34-32-30-28-26-24-22-20-18-16-14-12-10-8-6-4-2)55(70)45-59-53(68)50-77-61-54(69)51-78-60-52(67)46-62-37-39-63(47-56(71)72)41-43-65(49-58(75)76)44-42-64(40-38-62)48-57(73)74;/h3-51H2,1-2H3,(H,59,68)(H,60,67)(H,61,69)(H,71,72)(H,73,74)(H,75,76);/q;+3/p-3. The molecule has 0 spiro atoms. The summed E-state index contributed by atoms with van der Waals surface area (Å²) in [5.41, 5.74) is 4.25. The van der Waals surface area contributed by atoms with Crippen molar-refractivity contribution >= 4 is 41.5 Å². The molecule has 1 radical (unpaired) electrons. The zero-order valence-corrected chi connectivity index (χ0v) is 51.4. The molecular formula is C58H107GdN8O12. The number of carboxylic acids is 3. The van der Waals surface area contributed by atoms with Crippen LogP contribution in [0.5, 0.6) is 0 Å². The van der Waals surface area contributed by atoms with Crippen molar-refractivity contribution in [2.75, 3.05) is 111 Å². The molecule has 0 aromatic rings.